The van der Waals surface area contributed by atoms with Gasteiger partial charge in [0.25, 0.3) is 0 Å². The summed E-state index contributed by atoms with van der Waals surface area (Å²) in [6.07, 6.45) is 0.803. The van der Waals surface area contributed by atoms with Crippen LogP contribution in [0.25, 0.3) is 0 Å². The van der Waals surface area contributed by atoms with Gasteiger partial charge in [-0.25, -0.2) is 12.8 Å². The summed E-state index contributed by atoms with van der Waals surface area (Å²) in [5, 5.41) is 3.01. The fraction of sp³-hybridized carbons (Fsp3) is 0.480. The Bertz CT molecular complexity index is 1020. The third-order valence-corrected chi connectivity index (χ3v) is 8.21. The molecule has 3 rings (SSSR count). The molecule has 1 unspecified atom stereocenters. The minimum atomic E-state index is -3.49. The molecule has 1 aliphatic rings. The van der Waals surface area contributed by atoms with Gasteiger partial charge in [0.15, 0.2) is 0 Å². The summed E-state index contributed by atoms with van der Waals surface area (Å²) in [6, 6.07) is 13.1. The molecule has 1 atom stereocenters. The van der Waals surface area contributed by atoms with Crippen LogP contribution >= 0.6 is 0 Å². The van der Waals surface area contributed by atoms with Crippen molar-refractivity contribution in [2.45, 2.75) is 37.6 Å². The molecule has 1 aliphatic heterocycles. The Labute approximate surface area is 201 Å². The molecule has 1 saturated heterocycles. The number of rotatable bonds is 11. The second-order valence-electron chi connectivity index (χ2n) is 8.25. The highest BCUT2D eigenvalue weighted by molar-refractivity contribution is 7.89. The van der Waals surface area contributed by atoms with Crippen LogP contribution in [0.5, 0.6) is 0 Å². The molecule has 0 bridgehead atoms. The van der Waals surface area contributed by atoms with E-state index in [1.54, 1.807) is 36.4 Å². The summed E-state index contributed by atoms with van der Waals surface area (Å²) < 4.78 is 45.5. The van der Waals surface area contributed by atoms with Crippen molar-refractivity contribution in [3.63, 3.8) is 0 Å². The number of halogens is 1. The van der Waals surface area contributed by atoms with E-state index in [2.05, 4.69) is 10.2 Å². The molecule has 0 saturated carbocycles. The van der Waals surface area contributed by atoms with E-state index in [0.29, 0.717) is 45.7 Å². The molecule has 2 aromatic rings. The summed E-state index contributed by atoms with van der Waals surface area (Å²) >= 11 is 0. The van der Waals surface area contributed by atoms with Gasteiger partial charge in [-0.3, -0.25) is 9.69 Å². The topological polar surface area (TPSA) is 79.0 Å². The number of nitrogens with one attached hydrogen (secondary N) is 1. The first kappa shape index (κ1) is 26.3. The molecule has 1 N–H and O–H groups in total. The Morgan fingerprint density at radius 2 is 1.68 bits per heavy atom. The molecule has 9 heteroatoms. The molecule has 1 heterocycles. The fourth-order valence-corrected chi connectivity index (χ4v) is 5.59. The van der Waals surface area contributed by atoms with Crippen molar-refractivity contribution in [1.82, 2.24) is 14.5 Å². The Balaban J connectivity index is 1.56. The largest absolute Gasteiger partial charge is 0.379 e. The minimum absolute atomic E-state index is 0.0574. The zero-order valence-electron chi connectivity index (χ0n) is 19.9. The van der Waals surface area contributed by atoms with Gasteiger partial charge < -0.3 is 10.1 Å². The lowest BCUT2D eigenvalue weighted by molar-refractivity contribution is -0.121. The summed E-state index contributed by atoms with van der Waals surface area (Å²) in [5.41, 5.74) is 1.85. The van der Waals surface area contributed by atoms with Gasteiger partial charge in [-0.2, -0.15) is 4.31 Å². The Morgan fingerprint density at radius 3 is 2.26 bits per heavy atom. The summed E-state index contributed by atoms with van der Waals surface area (Å²) in [5.74, 6) is -0.371. The number of amides is 1. The average Bonchev–Trinajstić information content (AvgIpc) is 2.85. The smallest absolute Gasteiger partial charge is 0.243 e. The number of ether oxygens (including phenoxy) is 1. The number of carbonyl (C=O) groups excluding carboxylic acids is 1. The number of sulfonamides is 1. The van der Waals surface area contributed by atoms with Crippen LogP contribution in [0.1, 0.15) is 37.4 Å². The van der Waals surface area contributed by atoms with Crippen LogP contribution in [0, 0.1) is 5.82 Å². The zero-order valence-corrected chi connectivity index (χ0v) is 20.7. The van der Waals surface area contributed by atoms with Crippen molar-refractivity contribution in [3.8, 4) is 0 Å². The normalized spacial score (nSPS) is 15.9. The molecule has 0 radical (unpaired) electrons. The SMILES string of the molecule is CCN(CC)S(=O)(=O)c1ccc(CCC(=O)NCC(c2ccc(F)cc2)N2CCOCC2)cc1. The van der Waals surface area contributed by atoms with Crippen LogP contribution in [0.2, 0.25) is 0 Å². The minimum Gasteiger partial charge on any atom is -0.379 e. The second-order valence-corrected chi connectivity index (χ2v) is 10.2. The molecule has 1 amide bonds. The van der Waals surface area contributed by atoms with Crippen molar-refractivity contribution in [2.24, 2.45) is 0 Å². The van der Waals surface area contributed by atoms with Gasteiger partial charge in [0.2, 0.25) is 15.9 Å². The zero-order chi connectivity index (χ0) is 24.6. The number of morpholine rings is 1. The standard InChI is InChI=1S/C25H34FN3O4S/c1-3-29(4-2)34(31,32)23-12-5-20(6-13-23)7-14-25(30)27-19-24(28-15-17-33-18-16-28)21-8-10-22(26)11-9-21/h5-6,8-13,24H,3-4,7,14-19H2,1-2H3,(H,27,30). The maximum absolute atomic E-state index is 13.4. The highest BCUT2D eigenvalue weighted by Crippen LogP contribution is 2.22. The highest BCUT2D eigenvalue weighted by atomic mass is 32.2. The molecule has 186 valence electrons. The molecule has 0 spiro atoms. The maximum Gasteiger partial charge on any atom is 0.243 e. The monoisotopic (exact) mass is 491 g/mol. The lowest BCUT2D eigenvalue weighted by Gasteiger charge is -2.35. The van der Waals surface area contributed by atoms with E-state index in [0.717, 1.165) is 24.2 Å². The Morgan fingerprint density at radius 1 is 1.06 bits per heavy atom. The van der Waals surface area contributed by atoms with E-state index >= 15 is 0 Å². The summed E-state index contributed by atoms with van der Waals surface area (Å²) in [4.78, 5) is 15.1. The highest BCUT2D eigenvalue weighted by Gasteiger charge is 2.24. The fourth-order valence-electron chi connectivity index (χ4n) is 4.13. The maximum atomic E-state index is 13.4. The van der Waals surface area contributed by atoms with Crippen LogP contribution in [0.15, 0.2) is 53.4 Å². The summed E-state index contributed by atoms with van der Waals surface area (Å²) in [6.45, 7) is 7.65. The summed E-state index contributed by atoms with van der Waals surface area (Å²) in [7, 11) is -3.49. The number of carbonyl (C=O) groups is 1. The van der Waals surface area contributed by atoms with Gasteiger partial charge in [0.1, 0.15) is 5.82 Å². The molecule has 7 nitrogen and oxygen atoms in total. The van der Waals surface area contributed by atoms with Gasteiger partial charge in [0.05, 0.1) is 24.2 Å². The second kappa shape index (κ2) is 12.4. The average molecular weight is 492 g/mol. The van der Waals surface area contributed by atoms with Crippen molar-refractivity contribution in [1.29, 1.82) is 0 Å². The van der Waals surface area contributed by atoms with E-state index in [1.807, 2.05) is 13.8 Å². The van der Waals surface area contributed by atoms with Crippen molar-refractivity contribution < 1.29 is 22.3 Å². The third-order valence-electron chi connectivity index (χ3n) is 6.14. The van der Waals surface area contributed by atoms with Gasteiger partial charge in [-0.1, -0.05) is 38.1 Å². The predicted octanol–water partition coefficient (Wildman–Crippen LogP) is 2.98. The first-order valence-electron chi connectivity index (χ1n) is 11.8. The van der Waals surface area contributed by atoms with Crippen LogP contribution < -0.4 is 5.32 Å². The van der Waals surface area contributed by atoms with Gasteiger partial charge >= 0.3 is 0 Å². The Kier molecular flexibility index (Phi) is 9.58. The quantitative estimate of drug-likeness (QED) is 0.523. The molecular formula is C25H34FN3O4S. The van der Waals surface area contributed by atoms with E-state index in [4.69, 9.17) is 4.74 Å². The molecule has 34 heavy (non-hydrogen) atoms. The van der Waals surface area contributed by atoms with E-state index in [-0.39, 0.29) is 22.7 Å². The van der Waals surface area contributed by atoms with E-state index in [9.17, 15) is 17.6 Å². The van der Waals surface area contributed by atoms with Crippen LogP contribution in [0.4, 0.5) is 4.39 Å². The van der Waals surface area contributed by atoms with Gasteiger partial charge in [-0.05, 0) is 41.8 Å². The lowest BCUT2D eigenvalue weighted by atomic mass is 10.0. The predicted molar refractivity (Wildman–Crippen MR) is 129 cm³/mol. The number of aryl methyl sites for hydroxylation is 1. The number of nitrogens with zero attached hydrogens (tertiary/aromatic N) is 2. The number of benzene rings is 2. The van der Waals surface area contributed by atoms with Gasteiger partial charge in [0, 0.05) is 39.1 Å². The molecule has 1 fully saturated rings. The van der Waals surface area contributed by atoms with Crippen molar-refractivity contribution in [3.05, 3.63) is 65.5 Å². The molecule has 0 aromatic heterocycles. The first-order valence-corrected chi connectivity index (χ1v) is 13.2. The van der Waals surface area contributed by atoms with E-state index < -0.39 is 10.0 Å². The van der Waals surface area contributed by atoms with Crippen molar-refractivity contribution >= 4 is 15.9 Å². The van der Waals surface area contributed by atoms with E-state index in [1.165, 1.54) is 16.4 Å². The van der Waals surface area contributed by atoms with Crippen LogP contribution in [0.3, 0.4) is 0 Å². The van der Waals surface area contributed by atoms with Crippen molar-refractivity contribution in [2.75, 3.05) is 45.9 Å². The number of hydrogen-bond acceptors (Lipinski definition) is 5. The Hall–Kier alpha value is -2.33. The van der Waals surface area contributed by atoms with Crippen LogP contribution in [-0.2, 0) is 26.0 Å². The molecule has 2 aromatic carbocycles. The number of hydrogen-bond donors (Lipinski definition) is 1. The lowest BCUT2D eigenvalue weighted by Crippen LogP contribution is -2.43. The first-order chi connectivity index (χ1) is 16.3. The molecular weight excluding hydrogens is 457 g/mol. The third kappa shape index (κ3) is 6.85. The molecule has 0 aliphatic carbocycles. The van der Waals surface area contributed by atoms with Crippen LogP contribution in [-0.4, -0.2) is 69.5 Å². The van der Waals surface area contributed by atoms with Gasteiger partial charge in [-0.15, -0.1) is 0 Å².